The molecular weight excluding hydrogens is 522 g/mol. The number of hydrogen-bond acceptors (Lipinski definition) is 7. The third-order valence-corrected chi connectivity index (χ3v) is 6.52. The Morgan fingerprint density at radius 1 is 0.821 bits per heavy atom. The van der Waals surface area contributed by atoms with E-state index in [0.29, 0.717) is 30.6 Å². The zero-order valence-electron chi connectivity index (χ0n) is 23.4. The standard InChI is InChI=1S/C28H39N3O7S/c1-27(2,3)37-25(33)23(14-10-11-19-29-26(34)38-28(4,5)6)31-39(35,36)22-17-15-21(16-18-22)30-24(32)20-12-8-7-9-13-20/h7-9,12-13,15-18,23,31H,10-11,14,19H2,1-6H3,(H,29,34)(H,30,32). The highest BCUT2D eigenvalue weighted by Crippen LogP contribution is 2.18. The highest BCUT2D eigenvalue weighted by molar-refractivity contribution is 7.89. The molecule has 11 heteroatoms. The first-order chi connectivity index (χ1) is 18.1. The van der Waals surface area contributed by atoms with E-state index in [1.54, 1.807) is 71.9 Å². The van der Waals surface area contributed by atoms with Crippen LogP contribution in [0.2, 0.25) is 0 Å². The number of alkyl carbamates (subject to hydrolysis) is 1. The number of benzene rings is 2. The normalized spacial score (nSPS) is 12.8. The molecule has 3 N–H and O–H groups in total. The Balaban J connectivity index is 2.03. The minimum Gasteiger partial charge on any atom is -0.459 e. The summed E-state index contributed by atoms with van der Waals surface area (Å²) in [5.74, 6) is -1.02. The van der Waals surface area contributed by atoms with Crippen LogP contribution in [0.15, 0.2) is 59.5 Å². The van der Waals surface area contributed by atoms with Crippen molar-refractivity contribution in [3.63, 3.8) is 0 Å². The Bertz CT molecular complexity index is 1220. The van der Waals surface area contributed by atoms with Crippen LogP contribution in [0.3, 0.4) is 0 Å². The maximum Gasteiger partial charge on any atom is 0.407 e. The lowest BCUT2D eigenvalue weighted by molar-refractivity contribution is -0.157. The number of esters is 1. The fraction of sp³-hybridized carbons (Fsp3) is 0.464. The molecule has 0 radical (unpaired) electrons. The summed E-state index contributed by atoms with van der Waals surface area (Å²) in [6.45, 7) is 10.7. The summed E-state index contributed by atoms with van der Waals surface area (Å²) >= 11 is 0. The molecule has 1 atom stereocenters. The molecule has 0 spiro atoms. The quantitative estimate of drug-likeness (QED) is 0.269. The highest BCUT2D eigenvalue weighted by atomic mass is 32.2. The van der Waals surface area contributed by atoms with Gasteiger partial charge in [-0.1, -0.05) is 18.2 Å². The Kier molecular flexibility index (Phi) is 11.1. The molecule has 1 unspecified atom stereocenters. The molecule has 2 amide bonds. The molecular formula is C28H39N3O7S. The van der Waals surface area contributed by atoms with Crippen LogP contribution in [0.1, 0.15) is 71.2 Å². The van der Waals surface area contributed by atoms with Gasteiger partial charge in [-0.2, -0.15) is 4.72 Å². The summed E-state index contributed by atoms with van der Waals surface area (Å²) in [6, 6.07) is 13.1. The van der Waals surface area contributed by atoms with Gasteiger partial charge in [0.2, 0.25) is 10.0 Å². The van der Waals surface area contributed by atoms with Crippen molar-refractivity contribution in [3.05, 3.63) is 60.2 Å². The van der Waals surface area contributed by atoms with E-state index in [9.17, 15) is 22.8 Å². The molecule has 0 aliphatic heterocycles. The summed E-state index contributed by atoms with van der Waals surface area (Å²) in [5.41, 5.74) is -0.533. The van der Waals surface area contributed by atoms with E-state index in [0.717, 1.165) is 0 Å². The Morgan fingerprint density at radius 3 is 1.97 bits per heavy atom. The highest BCUT2D eigenvalue weighted by Gasteiger charge is 2.29. The Morgan fingerprint density at radius 2 is 1.41 bits per heavy atom. The first-order valence-corrected chi connectivity index (χ1v) is 14.2. The fourth-order valence-electron chi connectivity index (χ4n) is 3.34. The third kappa shape index (κ3) is 11.9. The van der Waals surface area contributed by atoms with Gasteiger partial charge < -0.3 is 20.1 Å². The SMILES string of the molecule is CC(C)(C)OC(=O)NCCCCC(NS(=O)(=O)c1ccc(NC(=O)c2ccccc2)cc1)C(=O)OC(C)(C)C. The average molecular weight is 562 g/mol. The van der Waals surface area contributed by atoms with E-state index in [2.05, 4.69) is 15.4 Å². The van der Waals surface area contributed by atoms with Crippen molar-refractivity contribution in [2.45, 2.75) is 82.9 Å². The number of rotatable bonds is 11. The zero-order chi connectivity index (χ0) is 29.3. The summed E-state index contributed by atoms with van der Waals surface area (Å²) in [4.78, 5) is 36.9. The molecule has 214 valence electrons. The molecule has 0 bridgehead atoms. The molecule has 2 rings (SSSR count). The number of sulfonamides is 1. The number of amides is 2. The molecule has 0 aliphatic rings. The molecule has 0 saturated carbocycles. The van der Waals surface area contributed by atoms with E-state index >= 15 is 0 Å². The van der Waals surface area contributed by atoms with Crippen molar-refractivity contribution in [3.8, 4) is 0 Å². The van der Waals surface area contributed by atoms with Crippen LogP contribution in [0, 0.1) is 0 Å². The van der Waals surface area contributed by atoms with E-state index in [4.69, 9.17) is 9.47 Å². The number of carbonyl (C=O) groups is 3. The van der Waals surface area contributed by atoms with Crippen LogP contribution >= 0.6 is 0 Å². The lowest BCUT2D eigenvalue weighted by Gasteiger charge is -2.24. The zero-order valence-corrected chi connectivity index (χ0v) is 24.2. The molecule has 39 heavy (non-hydrogen) atoms. The third-order valence-electron chi connectivity index (χ3n) is 5.03. The van der Waals surface area contributed by atoms with Crippen LogP contribution < -0.4 is 15.4 Å². The summed E-state index contributed by atoms with van der Waals surface area (Å²) in [6.07, 6.45) is 0.549. The minimum atomic E-state index is -4.09. The van der Waals surface area contributed by atoms with Crippen molar-refractivity contribution >= 4 is 33.7 Å². The first-order valence-electron chi connectivity index (χ1n) is 12.7. The van der Waals surface area contributed by atoms with Crippen LogP contribution in [-0.2, 0) is 24.3 Å². The monoisotopic (exact) mass is 561 g/mol. The predicted molar refractivity (Wildman–Crippen MR) is 149 cm³/mol. The molecule has 0 saturated heterocycles. The van der Waals surface area contributed by atoms with Crippen LogP contribution in [0.5, 0.6) is 0 Å². The van der Waals surface area contributed by atoms with Gasteiger partial charge in [-0.3, -0.25) is 9.59 Å². The number of ether oxygens (including phenoxy) is 2. The number of nitrogens with one attached hydrogen (secondary N) is 3. The van der Waals surface area contributed by atoms with E-state index in [1.165, 1.54) is 24.3 Å². The summed E-state index contributed by atoms with van der Waals surface area (Å²) < 4.78 is 39.3. The van der Waals surface area contributed by atoms with Crippen molar-refractivity contribution in [2.75, 3.05) is 11.9 Å². The van der Waals surface area contributed by atoms with Crippen molar-refractivity contribution in [1.29, 1.82) is 0 Å². The van der Waals surface area contributed by atoms with Gasteiger partial charge in [0.1, 0.15) is 17.2 Å². The molecule has 0 heterocycles. The van der Waals surface area contributed by atoms with Gasteiger partial charge >= 0.3 is 12.1 Å². The van der Waals surface area contributed by atoms with Crippen LogP contribution in [0.25, 0.3) is 0 Å². The van der Waals surface area contributed by atoms with E-state index in [1.807, 2.05) is 0 Å². The minimum absolute atomic E-state index is 0.0691. The van der Waals surface area contributed by atoms with Crippen molar-refractivity contribution < 1.29 is 32.3 Å². The Hall–Kier alpha value is -3.44. The van der Waals surface area contributed by atoms with Gasteiger partial charge in [0.05, 0.1) is 4.90 Å². The number of hydrogen-bond donors (Lipinski definition) is 3. The van der Waals surface area contributed by atoms with Gasteiger partial charge in [0.25, 0.3) is 5.91 Å². The number of anilines is 1. The van der Waals surface area contributed by atoms with Crippen LogP contribution in [0.4, 0.5) is 10.5 Å². The second-order valence-corrected chi connectivity index (χ2v) is 12.7. The fourth-order valence-corrected chi connectivity index (χ4v) is 4.56. The second kappa shape index (κ2) is 13.6. The molecule has 2 aromatic carbocycles. The van der Waals surface area contributed by atoms with Gasteiger partial charge in [-0.05, 0) is 97.2 Å². The maximum absolute atomic E-state index is 13.1. The summed E-state index contributed by atoms with van der Waals surface area (Å²) in [7, 11) is -4.09. The lowest BCUT2D eigenvalue weighted by atomic mass is 10.1. The molecule has 0 aromatic heterocycles. The van der Waals surface area contributed by atoms with Crippen LogP contribution in [-0.4, -0.2) is 50.2 Å². The number of carbonyl (C=O) groups excluding carboxylic acids is 3. The van der Waals surface area contributed by atoms with E-state index < -0.39 is 39.3 Å². The molecule has 2 aromatic rings. The number of unbranched alkanes of at least 4 members (excludes halogenated alkanes) is 1. The topological polar surface area (TPSA) is 140 Å². The van der Waals surface area contributed by atoms with Gasteiger partial charge in [-0.15, -0.1) is 0 Å². The van der Waals surface area contributed by atoms with E-state index in [-0.39, 0.29) is 17.2 Å². The second-order valence-electron chi connectivity index (χ2n) is 11.0. The van der Waals surface area contributed by atoms with Gasteiger partial charge in [0.15, 0.2) is 0 Å². The molecule has 0 aliphatic carbocycles. The first kappa shape index (κ1) is 31.8. The maximum atomic E-state index is 13.1. The summed E-state index contributed by atoms with van der Waals surface area (Å²) in [5, 5.41) is 5.35. The molecule has 10 nitrogen and oxygen atoms in total. The van der Waals surface area contributed by atoms with Crippen molar-refractivity contribution in [1.82, 2.24) is 10.0 Å². The lowest BCUT2D eigenvalue weighted by Crippen LogP contribution is -2.44. The largest absolute Gasteiger partial charge is 0.459 e. The smallest absolute Gasteiger partial charge is 0.407 e. The average Bonchev–Trinajstić information content (AvgIpc) is 2.81. The van der Waals surface area contributed by atoms with Crippen molar-refractivity contribution in [2.24, 2.45) is 0 Å². The van der Waals surface area contributed by atoms with Gasteiger partial charge in [-0.25, -0.2) is 13.2 Å². The Labute approximate surface area is 230 Å². The molecule has 0 fully saturated rings. The van der Waals surface area contributed by atoms with Gasteiger partial charge in [0, 0.05) is 17.8 Å². The predicted octanol–water partition coefficient (Wildman–Crippen LogP) is 4.62.